The largest absolute Gasteiger partial charge is 0.343 e. The van der Waals surface area contributed by atoms with Gasteiger partial charge in [-0.1, -0.05) is 30.3 Å². The van der Waals surface area contributed by atoms with Gasteiger partial charge >= 0.3 is 0 Å². The molecular weight excluding hydrogens is 270 g/mol. The summed E-state index contributed by atoms with van der Waals surface area (Å²) in [6.07, 6.45) is 1.70. The number of nitrogens with one attached hydrogen (secondary N) is 1. The Morgan fingerprint density at radius 1 is 1.40 bits per heavy atom. The Morgan fingerprint density at radius 3 is 2.65 bits per heavy atom. The van der Waals surface area contributed by atoms with Gasteiger partial charge in [0.2, 0.25) is 5.91 Å². The molecule has 102 valence electrons. The van der Waals surface area contributed by atoms with Gasteiger partial charge in [-0.3, -0.25) is 4.79 Å². The van der Waals surface area contributed by atoms with Crippen LogP contribution in [0, 0.1) is 11.3 Å². The molecule has 0 aliphatic carbocycles. The lowest BCUT2D eigenvalue weighted by molar-refractivity contribution is -0.123. The highest BCUT2D eigenvalue weighted by molar-refractivity contribution is 7.09. The van der Waals surface area contributed by atoms with Crippen molar-refractivity contribution in [1.29, 1.82) is 5.26 Å². The van der Waals surface area contributed by atoms with Crippen LogP contribution >= 0.6 is 11.3 Å². The summed E-state index contributed by atoms with van der Waals surface area (Å²) in [4.78, 5) is 16.5. The average Bonchev–Trinajstić information content (AvgIpc) is 2.95. The van der Waals surface area contributed by atoms with Gasteiger partial charge in [0.25, 0.3) is 0 Å². The number of aromatic nitrogens is 1. The summed E-state index contributed by atoms with van der Waals surface area (Å²) in [5, 5.41) is 14.8. The second-order valence-electron chi connectivity index (χ2n) is 4.92. The lowest BCUT2D eigenvalue weighted by atomic mass is 9.97. The molecule has 4 nitrogen and oxygen atoms in total. The summed E-state index contributed by atoms with van der Waals surface area (Å²) in [6.45, 7) is 3.76. The first kappa shape index (κ1) is 14.2. The molecule has 1 heterocycles. The number of rotatable bonds is 4. The third-order valence-corrected chi connectivity index (χ3v) is 4.02. The minimum Gasteiger partial charge on any atom is -0.343 e. The first-order chi connectivity index (χ1) is 9.54. The van der Waals surface area contributed by atoms with Crippen LogP contribution in [0.1, 0.15) is 30.3 Å². The first-order valence-corrected chi connectivity index (χ1v) is 7.09. The van der Waals surface area contributed by atoms with Crippen LogP contribution in [0.15, 0.2) is 41.9 Å². The molecule has 1 unspecified atom stereocenters. The maximum Gasteiger partial charge on any atom is 0.242 e. The topological polar surface area (TPSA) is 65.8 Å². The minimum absolute atomic E-state index is 0.307. The molecule has 0 saturated heterocycles. The zero-order valence-corrected chi connectivity index (χ0v) is 12.1. The maximum absolute atomic E-state index is 12.3. The first-order valence-electron chi connectivity index (χ1n) is 6.21. The zero-order valence-electron chi connectivity index (χ0n) is 11.3. The predicted molar refractivity (Wildman–Crippen MR) is 78.1 cm³/mol. The van der Waals surface area contributed by atoms with Crippen molar-refractivity contribution >= 4 is 17.2 Å². The molecule has 2 aromatic rings. The van der Waals surface area contributed by atoms with Gasteiger partial charge < -0.3 is 5.32 Å². The fourth-order valence-corrected chi connectivity index (χ4v) is 2.61. The van der Waals surface area contributed by atoms with E-state index in [0.29, 0.717) is 5.56 Å². The molecule has 1 atom stereocenters. The number of hydrogen-bond acceptors (Lipinski definition) is 4. The molecular formula is C15H15N3OS. The van der Waals surface area contributed by atoms with Crippen LogP contribution < -0.4 is 5.32 Å². The number of hydrogen-bond donors (Lipinski definition) is 1. The van der Waals surface area contributed by atoms with E-state index in [1.165, 1.54) is 11.3 Å². The van der Waals surface area contributed by atoms with Gasteiger partial charge in [0, 0.05) is 11.6 Å². The Balaban J connectivity index is 2.17. The number of thiazole rings is 1. The highest BCUT2D eigenvalue weighted by Gasteiger charge is 2.29. The van der Waals surface area contributed by atoms with Crippen molar-refractivity contribution in [3.8, 4) is 6.07 Å². The molecule has 0 aliphatic rings. The van der Waals surface area contributed by atoms with Crippen molar-refractivity contribution < 1.29 is 4.79 Å². The second kappa shape index (κ2) is 5.85. The third-order valence-electron chi connectivity index (χ3n) is 2.93. The molecule has 0 spiro atoms. The van der Waals surface area contributed by atoms with Crippen molar-refractivity contribution in [1.82, 2.24) is 10.3 Å². The van der Waals surface area contributed by atoms with Gasteiger partial charge in [-0.05, 0) is 19.4 Å². The Bertz CT molecular complexity index is 614. The van der Waals surface area contributed by atoms with Gasteiger partial charge in [0.15, 0.2) is 0 Å². The van der Waals surface area contributed by atoms with Gasteiger partial charge in [-0.25, -0.2) is 4.98 Å². The fraction of sp³-hybridized carbons (Fsp3) is 0.267. The van der Waals surface area contributed by atoms with E-state index in [0.717, 1.165) is 5.01 Å². The minimum atomic E-state index is -0.810. The Morgan fingerprint density at radius 2 is 2.10 bits per heavy atom. The lowest BCUT2D eigenvalue weighted by Crippen LogP contribution is -2.43. The predicted octanol–water partition coefficient (Wildman–Crippen LogP) is 2.80. The number of carbonyl (C=O) groups excluding carboxylic acids is 1. The lowest BCUT2D eigenvalue weighted by Gasteiger charge is -2.25. The summed E-state index contributed by atoms with van der Waals surface area (Å²) in [5.74, 6) is -1.12. The average molecular weight is 285 g/mol. The monoisotopic (exact) mass is 285 g/mol. The molecule has 0 fully saturated rings. The van der Waals surface area contributed by atoms with Crippen LogP contribution in [0.5, 0.6) is 0 Å². The smallest absolute Gasteiger partial charge is 0.242 e. The highest BCUT2D eigenvalue weighted by Crippen LogP contribution is 2.24. The van der Waals surface area contributed by atoms with E-state index < -0.39 is 11.5 Å². The summed E-state index contributed by atoms with van der Waals surface area (Å²) in [5.41, 5.74) is 0.109. The molecule has 1 N–H and O–H groups in total. The molecule has 0 aliphatic heterocycles. The molecule has 0 saturated carbocycles. The van der Waals surface area contributed by atoms with E-state index in [-0.39, 0.29) is 5.91 Å². The molecule has 0 radical (unpaired) electrons. The molecule has 1 aromatic carbocycles. The summed E-state index contributed by atoms with van der Waals surface area (Å²) < 4.78 is 0. The van der Waals surface area contributed by atoms with E-state index in [4.69, 9.17) is 0 Å². The molecule has 1 amide bonds. The molecule has 20 heavy (non-hydrogen) atoms. The van der Waals surface area contributed by atoms with Gasteiger partial charge in [-0.15, -0.1) is 11.3 Å². The molecule has 2 rings (SSSR count). The van der Waals surface area contributed by atoms with Crippen LogP contribution in [0.4, 0.5) is 0 Å². The van der Waals surface area contributed by atoms with E-state index in [1.807, 2.05) is 37.4 Å². The van der Waals surface area contributed by atoms with Crippen LogP contribution in [-0.4, -0.2) is 10.9 Å². The van der Waals surface area contributed by atoms with Crippen molar-refractivity contribution in [3.63, 3.8) is 0 Å². The number of amides is 1. The van der Waals surface area contributed by atoms with Crippen molar-refractivity contribution in [2.75, 3.05) is 0 Å². The van der Waals surface area contributed by atoms with Crippen LogP contribution in [-0.2, 0) is 10.3 Å². The van der Waals surface area contributed by atoms with Gasteiger partial charge in [0.1, 0.15) is 10.9 Å². The number of nitriles is 1. The quantitative estimate of drug-likeness (QED) is 0.939. The van der Waals surface area contributed by atoms with Crippen LogP contribution in [0.3, 0.4) is 0 Å². The number of carbonyl (C=O) groups is 1. The number of nitrogens with zero attached hydrogens (tertiary/aromatic N) is 2. The standard InChI is InChI=1S/C15H15N3OS/c1-15(2,14-17-8-9-20-14)18-13(19)12(10-16)11-6-4-3-5-7-11/h3-9,12H,1-2H3,(H,18,19). The second-order valence-corrected chi connectivity index (χ2v) is 5.82. The van der Waals surface area contributed by atoms with E-state index >= 15 is 0 Å². The van der Waals surface area contributed by atoms with E-state index in [2.05, 4.69) is 16.4 Å². The van der Waals surface area contributed by atoms with Crippen molar-refractivity contribution in [2.45, 2.75) is 25.3 Å². The molecule has 1 aromatic heterocycles. The highest BCUT2D eigenvalue weighted by atomic mass is 32.1. The Kier molecular flexibility index (Phi) is 4.16. The fourth-order valence-electron chi connectivity index (χ4n) is 1.90. The SMILES string of the molecule is CC(C)(NC(=O)C(C#N)c1ccccc1)c1nccs1. The molecule has 5 heteroatoms. The van der Waals surface area contributed by atoms with Crippen molar-refractivity contribution in [3.05, 3.63) is 52.5 Å². The summed E-state index contributed by atoms with van der Waals surface area (Å²) >= 11 is 1.48. The van der Waals surface area contributed by atoms with E-state index in [9.17, 15) is 10.1 Å². The van der Waals surface area contributed by atoms with Crippen LogP contribution in [0.25, 0.3) is 0 Å². The summed E-state index contributed by atoms with van der Waals surface area (Å²) in [7, 11) is 0. The zero-order chi connectivity index (χ0) is 14.6. The van der Waals surface area contributed by atoms with Gasteiger partial charge in [-0.2, -0.15) is 5.26 Å². The van der Waals surface area contributed by atoms with Crippen LogP contribution in [0.2, 0.25) is 0 Å². The normalized spacial score (nSPS) is 12.4. The Labute approximate surface area is 122 Å². The van der Waals surface area contributed by atoms with Gasteiger partial charge in [0.05, 0.1) is 11.6 Å². The van der Waals surface area contributed by atoms with E-state index in [1.54, 1.807) is 18.3 Å². The third kappa shape index (κ3) is 3.03. The number of benzene rings is 1. The maximum atomic E-state index is 12.3. The Hall–Kier alpha value is -2.19. The van der Waals surface area contributed by atoms with Crippen molar-refractivity contribution in [2.24, 2.45) is 0 Å². The molecule has 0 bridgehead atoms. The summed E-state index contributed by atoms with van der Waals surface area (Å²) in [6, 6.07) is 11.1.